The van der Waals surface area contributed by atoms with Crippen LogP contribution >= 0.6 is 0 Å². The Balaban J connectivity index is 2.12. The van der Waals surface area contributed by atoms with E-state index in [0.717, 1.165) is 35.4 Å². The molecule has 1 heterocycles. The molecule has 0 bridgehead atoms. The van der Waals surface area contributed by atoms with Crippen molar-refractivity contribution in [3.05, 3.63) is 41.5 Å². The van der Waals surface area contributed by atoms with Crippen LogP contribution in [0.4, 0.5) is 5.69 Å². The number of carbonyl (C=O) groups excluding carboxylic acids is 2. The Bertz CT molecular complexity index is 792. The number of hydrogen-bond acceptors (Lipinski definition) is 5. The Hall–Kier alpha value is -2.44. The largest absolute Gasteiger partial charge is 0.394 e. The molecule has 0 saturated carbocycles. The van der Waals surface area contributed by atoms with Crippen molar-refractivity contribution in [1.82, 2.24) is 4.90 Å². The lowest BCUT2D eigenvalue weighted by atomic mass is 9.92. The summed E-state index contributed by atoms with van der Waals surface area (Å²) in [5, 5.41) is 23.6. The van der Waals surface area contributed by atoms with Crippen LogP contribution in [0, 0.1) is 0 Å². The molecule has 1 aliphatic heterocycles. The summed E-state index contributed by atoms with van der Waals surface area (Å²) in [6.45, 7) is 1.98. The first-order chi connectivity index (χ1) is 12.1. The number of imide groups is 1. The maximum Gasteiger partial charge on any atom is 0.261 e. The zero-order chi connectivity index (χ0) is 18.0. The minimum atomic E-state index is -0.939. The van der Waals surface area contributed by atoms with Gasteiger partial charge in [-0.2, -0.15) is 0 Å². The predicted octanol–water partition coefficient (Wildman–Crippen LogP) is 2.00. The first-order valence-electron chi connectivity index (χ1n) is 8.53. The van der Waals surface area contributed by atoms with E-state index in [9.17, 15) is 19.8 Å². The topological polar surface area (TPSA) is 89.9 Å². The van der Waals surface area contributed by atoms with Crippen LogP contribution in [0.15, 0.2) is 30.3 Å². The first-order valence-corrected chi connectivity index (χ1v) is 8.53. The smallest absolute Gasteiger partial charge is 0.261 e. The lowest BCUT2D eigenvalue weighted by Gasteiger charge is -2.32. The zero-order valence-electron chi connectivity index (χ0n) is 14.2. The summed E-state index contributed by atoms with van der Waals surface area (Å²) in [6, 6.07) is 7.96. The van der Waals surface area contributed by atoms with Crippen LogP contribution in [0.2, 0.25) is 0 Å². The quantitative estimate of drug-likeness (QED) is 0.529. The molecular weight excluding hydrogens is 320 g/mol. The number of nitrogens with zero attached hydrogens (tertiary/aromatic N) is 1. The molecule has 6 nitrogen and oxygen atoms in total. The molecule has 2 aromatic rings. The predicted molar refractivity (Wildman–Crippen MR) is 95.8 cm³/mol. The Kier molecular flexibility index (Phi) is 5.01. The maximum atomic E-state index is 12.8. The van der Waals surface area contributed by atoms with Gasteiger partial charge in [0.25, 0.3) is 11.8 Å². The highest BCUT2D eigenvalue weighted by Gasteiger charge is 2.37. The van der Waals surface area contributed by atoms with Crippen LogP contribution in [0.3, 0.4) is 0 Å². The van der Waals surface area contributed by atoms with Crippen LogP contribution in [0.1, 0.15) is 40.5 Å². The van der Waals surface area contributed by atoms with Crippen molar-refractivity contribution in [2.75, 3.05) is 25.1 Å². The molecule has 0 spiro atoms. The number of unbranched alkanes of at least 4 members (excludes halogenated alkanes) is 1. The molecule has 0 radical (unpaired) electrons. The third-order valence-electron chi connectivity index (χ3n) is 4.57. The highest BCUT2D eigenvalue weighted by molar-refractivity contribution is 6.26. The highest BCUT2D eigenvalue weighted by Crippen LogP contribution is 2.35. The van der Waals surface area contributed by atoms with Crippen molar-refractivity contribution in [3.63, 3.8) is 0 Å². The van der Waals surface area contributed by atoms with E-state index in [0.29, 0.717) is 16.5 Å². The van der Waals surface area contributed by atoms with Crippen molar-refractivity contribution in [3.8, 4) is 0 Å². The lowest BCUT2D eigenvalue weighted by molar-refractivity contribution is 0.0375. The molecule has 132 valence electrons. The fourth-order valence-electron chi connectivity index (χ4n) is 3.22. The van der Waals surface area contributed by atoms with Crippen molar-refractivity contribution in [1.29, 1.82) is 0 Å². The average Bonchev–Trinajstić information content (AvgIpc) is 2.64. The summed E-state index contributed by atoms with van der Waals surface area (Å²) in [6.07, 6.45) is 2.10. The molecule has 6 heteroatoms. The van der Waals surface area contributed by atoms with Crippen molar-refractivity contribution >= 4 is 28.3 Å². The summed E-state index contributed by atoms with van der Waals surface area (Å²) in [7, 11) is 0. The van der Waals surface area contributed by atoms with Crippen LogP contribution < -0.4 is 5.32 Å². The molecule has 0 atom stereocenters. The molecule has 0 saturated heterocycles. The second-order valence-corrected chi connectivity index (χ2v) is 6.17. The Morgan fingerprint density at radius 3 is 2.36 bits per heavy atom. The van der Waals surface area contributed by atoms with Crippen molar-refractivity contribution in [2.24, 2.45) is 0 Å². The number of carbonyl (C=O) groups is 2. The Morgan fingerprint density at radius 2 is 1.72 bits per heavy atom. The van der Waals surface area contributed by atoms with E-state index < -0.39 is 31.1 Å². The molecule has 0 unspecified atom stereocenters. The van der Waals surface area contributed by atoms with Gasteiger partial charge in [0.1, 0.15) is 0 Å². The lowest BCUT2D eigenvalue weighted by Crippen LogP contribution is -2.50. The number of rotatable bonds is 7. The molecule has 0 aromatic heterocycles. The van der Waals surface area contributed by atoms with E-state index in [1.807, 2.05) is 12.1 Å². The summed E-state index contributed by atoms with van der Waals surface area (Å²) < 4.78 is 0. The molecule has 0 fully saturated rings. The van der Waals surface area contributed by atoms with Gasteiger partial charge in [-0.1, -0.05) is 25.5 Å². The molecule has 1 aliphatic rings. The standard InChI is InChI=1S/C19H22N2O4/c1-2-3-9-20-16-8-7-15-17-13(16)5-4-6-14(17)18(24)21(19(15)25)12(10-22)11-23/h4-8,12,20,22-23H,2-3,9-11H2,1H3. The molecule has 0 aliphatic carbocycles. The first kappa shape index (κ1) is 17.4. The maximum absolute atomic E-state index is 12.8. The third-order valence-corrected chi connectivity index (χ3v) is 4.57. The van der Waals surface area contributed by atoms with Crippen molar-refractivity contribution < 1.29 is 19.8 Å². The fraction of sp³-hybridized carbons (Fsp3) is 0.368. The molecule has 25 heavy (non-hydrogen) atoms. The minimum Gasteiger partial charge on any atom is -0.394 e. The van der Waals surface area contributed by atoms with Gasteiger partial charge in [0, 0.05) is 34.1 Å². The van der Waals surface area contributed by atoms with Crippen LogP contribution in [-0.2, 0) is 0 Å². The van der Waals surface area contributed by atoms with E-state index in [1.54, 1.807) is 18.2 Å². The number of hydrogen-bond donors (Lipinski definition) is 3. The number of anilines is 1. The summed E-state index contributed by atoms with van der Waals surface area (Å²) in [4.78, 5) is 26.6. The van der Waals surface area contributed by atoms with E-state index in [1.165, 1.54) is 0 Å². The average molecular weight is 342 g/mol. The minimum absolute atomic E-state index is 0.415. The van der Waals surface area contributed by atoms with Crippen LogP contribution in [0.25, 0.3) is 10.8 Å². The van der Waals surface area contributed by atoms with E-state index in [4.69, 9.17) is 0 Å². The van der Waals surface area contributed by atoms with Crippen molar-refractivity contribution in [2.45, 2.75) is 25.8 Å². The summed E-state index contributed by atoms with van der Waals surface area (Å²) >= 11 is 0. The van der Waals surface area contributed by atoms with Gasteiger partial charge in [-0.3, -0.25) is 14.5 Å². The van der Waals surface area contributed by atoms with E-state index in [-0.39, 0.29) is 0 Å². The second-order valence-electron chi connectivity index (χ2n) is 6.17. The van der Waals surface area contributed by atoms with E-state index >= 15 is 0 Å². The number of aliphatic hydroxyl groups is 2. The van der Waals surface area contributed by atoms with Gasteiger partial charge in [0.15, 0.2) is 0 Å². The van der Waals surface area contributed by atoms with Gasteiger partial charge in [-0.25, -0.2) is 0 Å². The molecule has 2 amide bonds. The third kappa shape index (κ3) is 2.88. The number of aliphatic hydroxyl groups excluding tert-OH is 2. The number of benzene rings is 2. The monoisotopic (exact) mass is 342 g/mol. The SMILES string of the molecule is CCCCNc1ccc2c3c(cccc13)C(=O)N(C(CO)CO)C2=O. The van der Waals surface area contributed by atoms with Crippen LogP contribution in [0.5, 0.6) is 0 Å². The van der Waals surface area contributed by atoms with Crippen LogP contribution in [-0.4, -0.2) is 52.7 Å². The van der Waals surface area contributed by atoms with Gasteiger partial charge in [-0.15, -0.1) is 0 Å². The number of amides is 2. The highest BCUT2D eigenvalue weighted by atomic mass is 16.3. The molecular formula is C19H22N2O4. The normalized spacial score (nSPS) is 13.8. The molecule has 2 aromatic carbocycles. The zero-order valence-corrected chi connectivity index (χ0v) is 14.2. The van der Waals surface area contributed by atoms with Gasteiger partial charge in [-0.05, 0) is 24.6 Å². The number of nitrogens with one attached hydrogen (secondary N) is 1. The van der Waals surface area contributed by atoms with Gasteiger partial charge < -0.3 is 15.5 Å². The fourth-order valence-corrected chi connectivity index (χ4v) is 3.22. The van der Waals surface area contributed by atoms with E-state index in [2.05, 4.69) is 12.2 Å². The van der Waals surface area contributed by atoms with Gasteiger partial charge in [0.05, 0.1) is 19.3 Å². The Labute approximate surface area is 146 Å². The summed E-state index contributed by atoms with van der Waals surface area (Å²) in [5.74, 6) is -0.969. The molecule has 3 rings (SSSR count). The van der Waals surface area contributed by atoms with Gasteiger partial charge in [0.2, 0.25) is 0 Å². The molecule has 3 N–H and O–H groups in total. The Morgan fingerprint density at radius 1 is 1.04 bits per heavy atom. The second kappa shape index (κ2) is 7.21. The summed E-state index contributed by atoms with van der Waals surface area (Å²) in [5.41, 5.74) is 1.72. The van der Waals surface area contributed by atoms with Gasteiger partial charge >= 0.3 is 0 Å².